The predicted octanol–water partition coefficient (Wildman–Crippen LogP) is 3.60. The Morgan fingerprint density at radius 2 is 1.68 bits per heavy atom. The number of amides is 2. The van der Waals surface area contributed by atoms with Crippen molar-refractivity contribution in [2.45, 2.75) is 6.54 Å². The van der Waals surface area contributed by atoms with Crippen molar-refractivity contribution in [1.29, 1.82) is 0 Å². The number of hydrogen-bond donors (Lipinski definition) is 2. The smallest absolute Gasteiger partial charge is 0.255 e. The number of carbonyl (C=O) groups excluding carboxylic acids is 2. The van der Waals surface area contributed by atoms with Crippen molar-refractivity contribution < 1.29 is 18.4 Å². The van der Waals surface area contributed by atoms with Crippen molar-refractivity contribution in [3.63, 3.8) is 0 Å². The summed E-state index contributed by atoms with van der Waals surface area (Å²) >= 11 is 0. The molecular formula is C19H15FN2O3. The zero-order valence-electron chi connectivity index (χ0n) is 13.2. The zero-order chi connectivity index (χ0) is 17.6. The second-order valence-corrected chi connectivity index (χ2v) is 5.31. The molecule has 2 N–H and O–H groups in total. The summed E-state index contributed by atoms with van der Waals surface area (Å²) in [5, 5.41) is 5.30. The fourth-order valence-corrected chi connectivity index (χ4v) is 2.25. The lowest BCUT2D eigenvalue weighted by atomic mass is 10.1. The minimum Gasteiger partial charge on any atom is -0.467 e. The summed E-state index contributed by atoms with van der Waals surface area (Å²) in [6.45, 7) is 0.256. The summed E-state index contributed by atoms with van der Waals surface area (Å²) in [4.78, 5) is 24.4. The lowest BCUT2D eigenvalue weighted by molar-refractivity contribution is 0.0948. The first-order chi connectivity index (χ1) is 12.1. The number of halogens is 1. The maximum atomic E-state index is 13.2. The molecule has 1 aromatic heterocycles. The fraction of sp³-hybridized carbons (Fsp3) is 0.0526. The van der Waals surface area contributed by atoms with Crippen LogP contribution in [0.1, 0.15) is 26.5 Å². The molecule has 0 spiro atoms. The molecule has 0 unspecified atom stereocenters. The Morgan fingerprint density at radius 3 is 2.40 bits per heavy atom. The summed E-state index contributed by atoms with van der Waals surface area (Å²) in [5.74, 6) is -0.555. The molecule has 0 aliphatic rings. The van der Waals surface area contributed by atoms with Crippen LogP contribution >= 0.6 is 0 Å². The van der Waals surface area contributed by atoms with E-state index in [2.05, 4.69) is 10.6 Å². The molecule has 2 amide bonds. The van der Waals surface area contributed by atoms with Crippen LogP contribution in [0.2, 0.25) is 0 Å². The molecule has 126 valence electrons. The minimum absolute atomic E-state index is 0.256. The van der Waals surface area contributed by atoms with Crippen LogP contribution in [0.5, 0.6) is 0 Å². The first kappa shape index (κ1) is 16.4. The van der Waals surface area contributed by atoms with E-state index in [-0.39, 0.29) is 12.5 Å². The van der Waals surface area contributed by atoms with Crippen LogP contribution in [-0.2, 0) is 6.54 Å². The minimum atomic E-state index is -0.441. The standard InChI is InChI=1S/C19H15FN2O3/c20-15-6-2-7-16(11-15)22-19(24)14-5-1-4-13(10-14)18(23)21-12-17-8-3-9-25-17/h1-11H,12H2,(H,21,23)(H,22,24). The molecule has 0 saturated carbocycles. The molecule has 0 saturated heterocycles. The van der Waals surface area contributed by atoms with Crippen LogP contribution in [0.3, 0.4) is 0 Å². The number of carbonyl (C=O) groups is 2. The molecule has 6 heteroatoms. The Balaban J connectivity index is 1.67. The number of hydrogen-bond acceptors (Lipinski definition) is 3. The Kier molecular flexibility index (Phi) is 4.89. The van der Waals surface area contributed by atoms with Crippen LogP contribution in [0.4, 0.5) is 10.1 Å². The maximum absolute atomic E-state index is 13.2. The normalized spacial score (nSPS) is 10.3. The summed E-state index contributed by atoms with van der Waals surface area (Å²) in [7, 11) is 0. The molecule has 1 heterocycles. The van der Waals surface area contributed by atoms with E-state index in [9.17, 15) is 14.0 Å². The fourth-order valence-electron chi connectivity index (χ4n) is 2.25. The van der Waals surface area contributed by atoms with Crippen molar-refractivity contribution in [2.24, 2.45) is 0 Å². The first-order valence-corrected chi connectivity index (χ1v) is 7.59. The van der Waals surface area contributed by atoms with Gasteiger partial charge in [0.15, 0.2) is 0 Å². The largest absolute Gasteiger partial charge is 0.467 e. The van der Waals surface area contributed by atoms with Gasteiger partial charge in [0.25, 0.3) is 11.8 Å². The van der Waals surface area contributed by atoms with Gasteiger partial charge >= 0.3 is 0 Å². The lowest BCUT2D eigenvalue weighted by Crippen LogP contribution is -2.23. The second kappa shape index (κ2) is 7.44. The van der Waals surface area contributed by atoms with Crippen molar-refractivity contribution in [3.05, 3.63) is 89.6 Å². The van der Waals surface area contributed by atoms with Crippen LogP contribution in [0.15, 0.2) is 71.3 Å². The lowest BCUT2D eigenvalue weighted by Gasteiger charge is -2.07. The van der Waals surface area contributed by atoms with Gasteiger partial charge in [-0.25, -0.2) is 4.39 Å². The molecule has 0 aliphatic carbocycles. The van der Waals surface area contributed by atoms with E-state index in [1.807, 2.05) is 0 Å². The molecule has 25 heavy (non-hydrogen) atoms. The average molecular weight is 338 g/mol. The predicted molar refractivity (Wildman–Crippen MR) is 90.7 cm³/mol. The average Bonchev–Trinajstić information content (AvgIpc) is 3.13. The topological polar surface area (TPSA) is 71.3 Å². The van der Waals surface area contributed by atoms with Crippen LogP contribution in [-0.4, -0.2) is 11.8 Å². The van der Waals surface area contributed by atoms with Crippen LogP contribution in [0, 0.1) is 5.82 Å². The highest BCUT2D eigenvalue weighted by molar-refractivity contribution is 6.06. The van der Waals surface area contributed by atoms with E-state index < -0.39 is 11.7 Å². The Bertz CT molecular complexity index is 891. The van der Waals surface area contributed by atoms with Gasteiger partial charge in [0.05, 0.1) is 12.8 Å². The highest BCUT2D eigenvalue weighted by Crippen LogP contribution is 2.12. The molecule has 0 atom stereocenters. The van der Waals surface area contributed by atoms with E-state index in [1.165, 1.54) is 30.5 Å². The zero-order valence-corrected chi connectivity index (χ0v) is 13.2. The molecule has 3 aromatic rings. The van der Waals surface area contributed by atoms with Crippen molar-refractivity contribution in [2.75, 3.05) is 5.32 Å². The van der Waals surface area contributed by atoms with E-state index in [1.54, 1.807) is 36.4 Å². The van der Waals surface area contributed by atoms with E-state index in [0.717, 1.165) is 0 Å². The Hall–Kier alpha value is -3.41. The van der Waals surface area contributed by atoms with Gasteiger partial charge in [-0.05, 0) is 48.5 Å². The highest BCUT2D eigenvalue weighted by Gasteiger charge is 2.11. The first-order valence-electron chi connectivity index (χ1n) is 7.59. The third-order valence-electron chi connectivity index (χ3n) is 3.47. The van der Waals surface area contributed by atoms with E-state index in [4.69, 9.17) is 4.42 Å². The number of anilines is 1. The molecular weight excluding hydrogens is 323 g/mol. The van der Waals surface area contributed by atoms with Crippen molar-refractivity contribution in [1.82, 2.24) is 5.32 Å². The van der Waals surface area contributed by atoms with E-state index in [0.29, 0.717) is 22.6 Å². The summed E-state index contributed by atoms with van der Waals surface area (Å²) in [6.07, 6.45) is 1.53. The molecule has 5 nitrogen and oxygen atoms in total. The third-order valence-corrected chi connectivity index (χ3v) is 3.47. The maximum Gasteiger partial charge on any atom is 0.255 e. The monoisotopic (exact) mass is 338 g/mol. The summed E-state index contributed by atoms with van der Waals surface area (Å²) in [6, 6.07) is 15.4. The van der Waals surface area contributed by atoms with Gasteiger partial charge in [0.2, 0.25) is 0 Å². The quantitative estimate of drug-likeness (QED) is 0.747. The van der Waals surface area contributed by atoms with Gasteiger partial charge in [-0.3, -0.25) is 9.59 Å². The summed E-state index contributed by atoms with van der Waals surface area (Å²) in [5.41, 5.74) is 0.992. The number of benzene rings is 2. The van der Waals surface area contributed by atoms with Crippen molar-refractivity contribution in [3.8, 4) is 0 Å². The van der Waals surface area contributed by atoms with Gasteiger partial charge in [-0.2, -0.15) is 0 Å². The molecule has 3 rings (SSSR count). The molecule has 0 fully saturated rings. The second-order valence-electron chi connectivity index (χ2n) is 5.31. The number of nitrogens with one attached hydrogen (secondary N) is 2. The Morgan fingerprint density at radius 1 is 0.920 bits per heavy atom. The molecule has 2 aromatic carbocycles. The Labute approximate surface area is 143 Å². The highest BCUT2D eigenvalue weighted by atomic mass is 19.1. The number of rotatable bonds is 5. The summed E-state index contributed by atoms with van der Waals surface area (Å²) < 4.78 is 18.3. The van der Waals surface area contributed by atoms with Crippen LogP contribution < -0.4 is 10.6 Å². The molecule has 0 aliphatic heterocycles. The van der Waals surface area contributed by atoms with Gasteiger partial charge in [0, 0.05) is 16.8 Å². The van der Waals surface area contributed by atoms with Gasteiger partial charge in [0.1, 0.15) is 11.6 Å². The van der Waals surface area contributed by atoms with E-state index >= 15 is 0 Å². The van der Waals surface area contributed by atoms with Gasteiger partial charge in [-0.15, -0.1) is 0 Å². The van der Waals surface area contributed by atoms with Crippen LogP contribution in [0.25, 0.3) is 0 Å². The SMILES string of the molecule is O=C(NCc1ccco1)c1cccc(C(=O)Nc2cccc(F)c2)c1. The number of furan rings is 1. The third kappa shape index (κ3) is 4.32. The molecule has 0 radical (unpaired) electrons. The molecule has 0 bridgehead atoms. The van der Waals surface area contributed by atoms with Crippen molar-refractivity contribution >= 4 is 17.5 Å². The van der Waals surface area contributed by atoms with Gasteiger partial charge < -0.3 is 15.1 Å². The van der Waals surface area contributed by atoms with Gasteiger partial charge in [-0.1, -0.05) is 12.1 Å².